The van der Waals surface area contributed by atoms with Gasteiger partial charge in [-0.2, -0.15) is 0 Å². The average molecular weight is 565 g/mol. The zero-order chi connectivity index (χ0) is 27.2. The highest BCUT2D eigenvalue weighted by Gasteiger charge is 2.54. The average Bonchev–Trinajstić information content (AvgIpc) is 3.20. The summed E-state index contributed by atoms with van der Waals surface area (Å²) in [6.07, 6.45) is 11.6. The van der Waals surface area contributed by atoms with Crippen LogP contribution in [0.5, 0.6) is 5.75 Å². The molecule has 0 aromatic heterocycles. The maximum Gasteiger partial charge on any atom is 0.119 e. The molecule has 3 aliphatic rings. The van der Waals surface area contributed by atoms with Crippen molar-refractivity contribution in [2.45, 2.75) is 102 Å². The van der Waals surface area contributed by atoms with Crippen molar-refractivity contribution in [3.8, 4) is 5.75 Å². The molecule has 4 nitrogen and oxygen atoms in total. The van der Waals surface area contributed by atoms with Crippen molar-refractivity contribution < 1.29 is 19.3 Å². The number of ether oxygens (including phenoxy) is 3. The number of hydrogen-bond donors (Lipinski definition) is 1. The summed E-state index contributed by atoms with van der Waals surface area (Å²) in [6.45, 7) is 9.38. The van der Waals surface area contributed by atoms with Crippen LogP contribution < -0.4 is 4.74 Å². The first kappa shape index (κ1) is 30.6. The van der Waals surface area contributed by atoms with Gasteiger partial charge in [0.15, 0.2) is 0 Å². The molecule has 5 atom stereocenters. The summed E-state index contributed by atoms with van der Waals surface area (Å²) in [5.41, 5.74) is 3.23. The van der Waals surface area contributed by atoms with Crippen molar-refractivity contribution in [1.29, 1.82) is 0 Å². The molecule has 0 aliphatic heterocycles. The first-order chi connectivity index (χ1) is 18.3. The maximum atomic E-state index is 10.7. The Morgan fingerprint density at radius 1 is 1.08 bits per heavy atom. The molecule has 1 aromatic rings. The van der Waals surface area contributed by atoms with Gasteiger partial charge < -0.3 is 19.3 Å². The molecule has 3 aliphatic carbocycles. The molecule has 2 fully saturated rings. The molecule has 216 valence electrons. The van der Waals surface area contributed by atoms with Crippen molar-refractivity contribution in [2.75, 3.05) is 39.8 Å². The highest BCUT2D eigenvalue weighted by atomic mass is 33.1. The minimum absolute atomic E-state index is 0.0913. The maximum absolute atomic E-state index is 10.7. The molecule has 4 rings (SSSR count). The van der Waals surface area contributed by atoms with Gasteiger partial charge >= 0.3 is 0 Å². The van der Waals surface area contributed by atoms with Gasteiger partial charge in [0.25, 0.3) is 0 Å². The van der Waals surface area contributed by atoms with Crippen LogP contribution in [0.15, 0.2) is 18.2 Å². The van der Waals surface area contributed by atoms with E-state index in [9.17, 15) is 5.11 Å². The summed E-state index contributed by atoms with van der Waals surface area (Å²) in [5, 5.41) is 10.7. The minimum atomic E-state index is -0.0913. The van der Waals surface area contributed by atoms with Crippen molar-refractivity contribution in [3.05, 3.63) is 29.3 Å². The predicted molar refractivity (Wildman–Crippen MR) is 162 cm³/mol. The largest absolute Gasteiger partial charge is 0.494 e. The van der Waals surface area contributed by atoms with E-state index in [-0.39, 0.29) is 16.3 Å². The fourth-order valence-electron chi connectivity index (χ4n) is 7.56. The Morgan fingerprint density at radius 2 is 1.87 bits per heavy atom. The molecule has 0 radical (unpaired) electrons. The molecule has 0 amide bonds. The quantitative estimate of drug-likeness (QED) is 0.173. The summed E-state index contributed by atoms with van der Waals surface area (Å²) in [6, 6.07) is 6.92. The Kier molecular flexibility index (Phi) is 11.2. The van der Waals surface area contributed by atoms with Gasteiger partial charge in [-0.1, -0.05) is 41.0 Å². The fourth-order valence-corrected chi connectivity index (χ4v) is 10.3. The molecule has 5 unspecified atom stereocenters. The molecule has 0 bridgehead atoms. The van der Waals surface area contributed by atoms with E-state index in [0.29, 0.717) is 17.8 Å². The minimum Gasteiger partial charge on any atom is -0.494 e. The Morgan fingerprint density at radius 3 is 2.63 bits per heavy atom. The summed E-state index contributed by atoms with van der Waals surface area (Å²) in [4.78, 5) is 0. The Hall–Kier alpha value is -0.400. The van der Waals surface area contributed by atoms with E-state index in [1.165, 1.54) is 56.3 Å². The lowest BCUT2D eigenvalue weighted by atomic mass is 9.55. The fraction of sp³-hybridized carbons (Fsp3) is 0.812. The number of rotatable bonds is 15. The number of benzene rings is 1. The Bertz CT molecular complexity index is 871. The molecular weight excluding hydrogens is 512 g/mol. The van der Waals surface area contributed by atoms with Gasteiger partial charge in [0.1, 0.15) is 5.75 Å². The van der Waals surface area contributed by atoms with E-state index >= 15 is 0 Å². The standard InChI is InChI=1S/C32H52O4S2/c1-31(2,38-37-19-7-6-8-23(21-34-4)22-35-5)17-18-36-25-10-12-26-24(20-25)9-11-28-27(26)15-16-32(3)29(28)13-14-30(32)33/h10,12,20,23,27-30,33H,6-9,11,13-19,21-22H2,1-5H3. The lowest BCUT2D eigenvalue weighted by Gasteiger charge is -2.50. The van der Waals surface area contributed by atoms with Gasteiger partial charge in [-0.3, -0.25) is 0 Å². The number of aliphatic hydroxyl groups excluding tert-OH is 1. The van der Waals surface area contributed by atoms with Crippen LogP contribution in [0, 0.1) is 23.2 Å². The van der Waals surface area contributed by atoms with Gasteiger partial charge in [0.05, 0.1) is 25.9 Å². The van der Waals surface area contributed by atoms with Crippen molar-refractivity contribution >= 4 is 21.6 Å². The second kappa shape index (κ2) is 14.0. The van der Waals surface area contributed by atoms with E-state index in [1.54, 1.807) is 19.8 Å². The van der Waals surface area contributed by atoms with E-state index < -0.39 is 0 Å². The van der Waals surface area contributed by atoms with Gasteiger partial charge in [-0.05, 0) is 118 Å². The number of methoxy groups -OCH3 is 2. The van der Waals surface area contributed by atoms with Crippen LogP contribution in [0.25, 0.3) is 0 Å². The normalized spacial score (nSPS) is 28.7. The molecule has 2 saturated carbocycles. The first-order valence-corrected chi connectivity index (χ1v) is 17.3. The lowest BCUT2D eigenvalue weighted by molar-refractivity contribution is -0.0226. The van der Waals surface area contributed by atoms with Crippen LogP contribution in [0.3, 0.4) is 0 Å². The third-order valence-electron chi connectivity index (χ3n) is 9.80. The Labute approximate surface area is 240 Å². The van der Waals surface area contributed by atoms with E-state index in [4.69, 9.17) is 14.2 Å². The zero-order valence-corrected chi connectivity index (χ0v) is 26.1. The third kappa shape index (κ3) is 7.46. The van der Waals surface area contributed by atoms with Crippen molar-refractivity contribution in [1.82, 2.24) is 0 Å². The highest BCUT2D eigenvalue weighted by molar-refractivity contribution is 8.77. The smallest absolute Gasteiger partial charge is 0.119 e. The molecule has 1 N–H and O–H groups in total. The van der Waals surface area contributed by atoms with Crippen LogP contribution in [-0.2, 0) is 15.9 Å². The Balaban J connectivity index is 1.17. The number of aryl methyl sites for hydroxylation is 1. The molecular formula is C32H52O4S2. The second-order valence-electron chi connectivity index (χ2n) is 12.9. The summed E-state index contributed by atoms with van der Waals surface area (Å²) in [7, 11) is 7.55. The van der Waals surface area contributed by atoms with Gasteiger partial charge in [-0.25, -0.2) is 0 Å². The third-order valence-corrected chi connectivity index (χ3v) is 13.2. The van der Waals surface area contributed by atoms with Crippen molar-refractivity contribution in [3.63, 3.8) is 0 Å². The van der Waals surface area contributed by atoms with Crippen molar-refractivity contribution in [2.24, 2.45) is 23.2 Å². The summed E-state index contributed by atoms with van der Waals surface area (Å²) in [5.74, 6) is 4.86. The monoisotopic (exact) mass is 564 g/mol. The van der Waals surface area contributed by atoms with Crippen LogP contribution in [-0.4, -0.2) is 55.8 Å². The van der Waals surface area contributed by atoms with Gasteiger partial charge in [0.2, 0.25) is 0 Å². The molecule has 0 saturated heterocycles. The highest BCUT2D eigenvalue weighted by Crippen LogP contribution is 2.61. The zero-order valence-electron chi connectivity index (χ0n) is 24.5. The van der Waals surface area contributed by atoms with Crippen LogP contribution in [0.2, 0.25) is 0 Å². The molecule has 0 spiro atoms. The van der Waals surface area contributed by atoms with Crippen LogP contribution in [0.4, 0.5) is 0 Å². The number of unbranched alkanes of at least 4 members (excludes halogenated alkanes) is 1. The lowest BCUT2D eigenvalue weighted by Crippen LogP contribution is -2.43. The number of hydrogen-bond acceptors (Lipinski definition) is 6. The number of fused-ring (bicyclic) bond motifs is 5. The van der Waals surface area contributed by atoms with E-state index in [2.05, 4.69) is 39.0 Å². The van der Waals surface area contributed by atoms with Gasteiger partial charge in [0, 0.05) is 30.6 Å². The topological polar surface area (TPSA) is 47.9 Å². The van der Waals surface area contributed by atoms with E-state index in [1.807, 2.05) is 21.6 Å². The summed E-state index contributed by atoms with van der Waals surface area (Å²) < 4.78 is 17.1. The summed E-state index contributed by atoms with van der Waals surface area (Å²) >= 11 is 0. The van der Waals surface area contributed by atoms with E-state index in [0.717, 1.165) is 50.8 Å². The first-order valence-electron chi connectivity index (χ1n) is 15.0. The van der Waals surface area contributed by atoms with Gasteiger partial charge in [-0.15, -0.1) is 0 Å². The number of aliphatic hydroxyl groups is 1. The van der Waals surface area contributed by atoms with Crippen LogP contribution in [0.1, 0.15) is 95.6 Å². The molecule has 6 heteroatoms. The second-order valence-corrected chi connectivity index (χ2v) is 16.1. The molecule has 38 heavy (non-hydrogen) atoms. The molecule has 0 heterocycles. The SMILES string of the molecule is COCC(CCCCSSC(C)(C)CCOc1ccc2c(c1)CCC1C2CCC2(C)C(O)CCC12)COC. The van der Waals surface area contributed by atoms with Crippen LogP contribution >= 0.6 is 21.6 Å². The predicted octanol–water partition coefficient (Wildman–Crippen LogP) is 7.91. The molecule has 1 aromatic carbocycles.